The lowest BCUT2D eigenvalue weighted by atomic mass is 10.3. The molecule has 0 saturated heterocycles. The Hall–Kier alpha value is -1.24. The number of hydrogen-bond donors (Lipinski definition) is 0. The summed E-state index contributed by atoms with van der Waals surface area (Å²) in [5.41, 5.74) is 0.00648. The van der Waals surface area contributed by atoms with Crippen molar-refractivity contribution in [2.24, 2.45) is 0 Å². The molecule has 2 rings (SSSR count). The monoisotopic (exact) mass is 297 g/mol. The number of pyridine rings is 1. The average molecular weight is 298 g/mol. The Morgan fingerprint density at radius 3 is 2.29 bits per heavy atom. The molecule has 2 heterocycles. The van der Waals surface area contributed by atoms with Gasteiger partial charge < -0.3 is 14.2 Å². The Balaban J connectivity index is 2.45. The largest absolute Gasteiger partial charge is 0.525 e. The highest BCUT2D eigenvalue weighted by atomic mass is 35.6. The minimum Gasteiger partial charge on any atom is -0.389 e. The van der Waals surface area contributed by atoms with Gasteiger partial charge in [-0.3, -0.25) is 0 Å². The molecule has 0 unspecified atom stereocenters. The molecule has 0 N–H and O–H groups in total. The first-order valence-corrected chi connectivity index (χ1v) is 5.19. The first-order chi connectivity index (χ1) is 7.86. The van der Waals surface area contributed by atoms with E-state index in [1.54, 1.807) is 0 Å². The van der Waals surface area contributed by atoms with Gasteiger partial charge in [-0.15, -0.1) is 0 Å². The van der Waals surface area contributed by atoms with Crippen LogP contribution >= 0.6 is 34.8 Å². The van der Waals surface area contributed by atoms with E-state index in [2.05, 4.69) is 19.2 Å². The number of cyclic esters (lactones) is 2. The summed E-state index contributed by atoms with van der Waals surface area (Å²) in [6.45, 7) is 0. The molecule has 1 aromatic heterocycles. The topological polar surface area (TPSA) is 74.7 Å². The van der Waals surface area contributed by atoms with Crippen LogP contribution in [0.5, 0.6) is 11.6 Å². The number of hydrogen-bond acceptors (Lipinski definition) is 6. The van der Waals surface area contributed by atoms with Gasteiger partial charge in [0.25, 0.3) is 5.88 Å². The van der Waals surface area contributed by atoms with Crippen LogP contribution in [0.1, 0.15) is 5.69 Å². The lowest BCUT2D eigenvalue weighted by Gasteiger charge is -2.11. The summed E-state index contributed by atoms with van der Waals surface area (Å²) in [6.07, 6.45) is -2.50. The molecule has 6 nitrogen and oxygen atoms in total. The van der Waals surface area contributed by atoms with Gasteiger partial charge in [0.2, 0.25) is 3.79 Å². The maximum absolute atomic E-state index is 10.9. The van der Waals surface area contributed by atoms with Crippen LogP contribution in [-0.4, -0.2) is 17.3 Å². The second-order valence-corrected chi connectivity index (χ2v) is 5.08. The normalized spacial score (nSPS) is 15.2. The molecular weight excluding hydrogens is 296 g/mol. The van der Waals surface area contributed by atoms with Crippen LogP contribution in [0, 0.1) is 0 Å². The summed E-state index contributed by atoms with van der Waals surface area (Å²) in [4.78, 5) is 25.6. The zero-order chi connectivity index (χ0) is 12.6. The summed E-state index contributed by atoms with van der Waals surface area (Å²) in [5, 5.41) is 0. The Kier molecular flexibility index (Phi) is 3.03. The minimum absolute atomic E-state index is 0.00648. The Morgan fingerprint density at radius 1 is 1.00 bits per heavy atom. The molecule has 0 spiro atoms. The highest BCUT2D eigenvalue weighted by Gasteiger charge is 2.30. The number of alkyl halides is 3. The number of fused-ring (bicyclic) bond motifs is 1. The summed E-state index contributed by atoms with van der Waals surface area (Å²) >= 11 is 16.8. The zero-order valence-electron chi connectivity index (χ0n) is 7.78. The molecule has 90 valence electrons. The third kappa shape index (κ3) is 2.71. The standard InChI is InChI=1S/C8H2Cl3NO5/c9-8(10,11)4-2-1-3-5(12-4)16-7(14)17-6(13)15-3/h1-2H. The minimum atomic E-state index is -1.79. The Morgan fingerprint density at radius 2 is 1.65 bits per heavy atom. The van der Waals surface area contributed by atoms with Crippen molar-refractivity contribution in [3.63, 3.8) is 0 Å². The maximum atomic E-state index is 10.9. The third-order valence-electron chi connectivity index (χ3n) is 1.66. The van der Waals surface area contributed by atoms with Crippen molar-refractivity contribution >= 4 is 47.1 Å². The lowest BCUT2D eigenvalue weighted by molar-refractivity contribution is 0.0993. The van der Waals surface area contributed by atoms with Crippen LogP contribution in [0.2, 0.25) is 0 Å². The van der Waals surface area contributed by atoms with Gasteiger partial charge in [-0.2, -0.15) is 0 Å². The van der Waals surface area contributed by atoms with Crippen molar-refractivity contribution in [3.8, 4) is 11.6 Å². The van der Waals surface area contributed by atoms with Crippen molar-refractivity contribution in [3.05, 3.63) is 17.8 Å². The van der Waals surface area contributed by atoms with E-state index in [1.165, 1.54) is 12.1 Å². The second kappa shape index (κ2) is 4.21. The van der Waals surface area contributed by atoms with Crippen molar-refractivity contribution in [1.29, 1.82) is 0 Å². The molecule has 0 radical (unpaired) electrons. The van der Waals surface area contributed by atoms with Crippen LogP contribution in [-0.2, 0) is 8.53 Å². The number of halogens is 3. The van der Waals surface area contributed by atoms with Gasteiger partial charge in [0.15, 0.2) is 5.75 Å². The lowest BCUT2D eigenvalue weighted by Crippen LogP contribution is -2.14. The van der Waals surface area contributed by atoms with Crippen LogP contribution in [0.4, 0.5) is 9.59 Å². The van der Waals surface area contributed by atoms with Gasteiger partial charge in [0.05, 0.1) is 5.69 Å². The first-order valence-electron chi connectivity index (χ1n) is 4.06. The Labute approximate surface area is 109 Å². The molecule has 0 fully saturated rings. The molecule has 0 amide bonds. The predicted octanol–water partition coefficient (Wildman–Crippen LogP) is 2.94. The molecule has 0 atom stereocenters. The van der Waals surface area contributed by atoms with E-state index in [0.29, 0.717) is 0 Å². The van der Waals surface area contributed by atoms with E-state index in [-0.39, 0.29) is 17.3 Å². The number of aromatic nitrogens is 1. The molecule has 1 aliphatic rings. The van der Waals surface area contributed by atoms with Gasteiger partial charge in [0, 0.05) is 0 Å². The van der Waals surface area contributed by atoms with E-state index in [0.717, 1.165) is 0 Å². The van der Waals surface area contributed by atoms with Crippen LogP contribution in [0.15, 0.2) is 12.1 Å². The summed E-state index contributed by atoms with van der Waals surface area (Å²) in [7, 11) is 0. The van der Waals surface area contributed by atoms with Gasteiger partial charge >= 0.3 is 12.3 Å². The molecule has 0 aliphatic carbocycles. The molecule has 0 bridgehead atoms. The van der Waals surface area contributed by atoms with E-state index < -0.39 is 16.1 Å². The molecule has 9 heteroatoms. The van der Waals surface area contributed by atoms with E-state index in [1.807, 2.05) is 0 Å². The predicted molar refractivity (Wildman–Crippen MR) is 56.6 cm³/mol. The van der Waals surface area contributed by atoms with E-state index in [4.69, 9.17) is 34.8 Å². The number of ether oxygens (including phenoxy) is 3. The molecule has 1 aliphatic heterocycles. The summed E-state index contributed by atoms with van der Waals surface area (Å²) in [6, 6.07) is 2.57. The Bertz CT molecular complexity index is 498. The van der Waals surface area contributed by atoms with E-state index in [9.17, 15) is 9.59 Å². The van der Waals surface area contributed by atoms with E-state index >= 15 is 0 Å². The molecule has 1 aromatic rings. The number of carbonyl (C=O) groups is 2. The zero-order valence-corrected chi connectivity index (χ0v) is 10.0. The third-order valence-corrected chi connectivity index (χ3v) is 2.24. The van der Waals surface area contributed by atoms with Crippen LogP contribution in [0.25, 0.3) is 0 Å². The van der Waals surface area contributed by atoms with Crippen molar-refractivity contribution < 1.29 is 23.8 Å². The summed E-state index contributed by atoms with van der Waals surface area (Å²) < 4.78 is 11.4. The van der Waals surface area contributed by atoms with Gasteiger partial charge in [-0.1, -0.05) is 34.8 Å². The molecular formula is C8H2Cl3NO5. The number of nitrogens with zero attached hydrogens (tertiary/aromatic N) is 1. The van der Waals surface area contributed by atoms with Gasteiger partial charge in [0.1, 0.15) is 0 Å². The highest BCUT2D eigenvalue weighted by Crippen LogP contribution is 2.39. The molecule has 0 saturated carbocycles. The highest BCUT2D eigenvalue weighted by molar-refractivity contribution is 6.66. The second-order valence-electron chi connectivity index (χ2n) is 2.80. The summed E-state index contributed by atoms with van der Waals surface area (Å²) in [5.74, 6) is -0.427. The van der Waals surface area contributed by atoms with Crippen LogP contribution < -0.4 is 9.47 Å². The average Bonchev–Trinajstić information content (AvgIpc) is 2.31. The van der Waals surface area contributed by atoms with Crippen molar-refractivity contribution in [2.75, 3.05) is 0 Å². The van der Waals surface area contributed by atoms with Gasteiger partial charge in [-0.05, 0) is 12.1 Å². The quantitative estimate of drug-likeness (QED) is 0.416. The first kappa shape index (κ1) is 12.2. The van der Waals surface area contributed by atoms with Crippen molar-refractivity contribution in [2.45, 2.75) is 3.79 Å². The van der Waals surface area contributed by atoms with Crippen LogP contribution in [0.3, 0.4) is 0 Å². The fourth-order valence-electron chi connectivity index (χ4n) is 1.01. The molecule has 0 aromatic carbocycles. The van der Waals surface area contributed by atoms with Crippen molar-refractivity contribution in [1.82, 2.24) is 4.98 Å². The molecule has 17 heavy (non-hydrogen) atoms. The number of carbonyl (C=O) groups excluding carboxylic acids is 2. The smallest absolute Gasteiger partial charge is 0.389 e. The SMILES string of the molecule is O=C1OC(=O)Oc2nc(C(Cl)(Cl)Cl)ccc2O1. The fraction of sp³-hybridized carbons (Fsp3) is 0.125. The fourth-order valence-corrected chi connectivity index (χ4v) is 1.33. The maximum Gasteiger partial charge on any atom is 0.525 e. The van der Waals surface area contributed by atoms with Gasteiger partial charge in [-0.25, -0.2) is 14.6 Å². The number of rotatable bonds is 0.